The van der Waals surface area contributed by atoms with Crippen molar-refractivity contribution in [3.05, 3.63) is 58.9 Å². The quantitative estimate of drug-likeness (QED) is 0.911. The lowest BCUT2D eigenvalue weighted by Gasteiger charge is -2.24. The highest BCUT2D eigenvalue weighted by atomic mass is 35.5. The van der Waals surface area contributed by atoms with Gasteiger partial charge >= 0.3 is 0 Å². The van der Waals surface area contributed by atoms with Gasteiger partial charge in [-0.1, -0.05) is 23.7 Å². The van der Waals surface area contributed by atoms with Crippen molar-refractivity contribution in [3.8, 4) is 0 Å². The Bertz CT molecular complexity index is 531. The number of hydrogen-bond acceptors (Lipinski definition) is 3. The topological polar surface area (TPSA) is 36.4 Å². The summed E-state index contributed by atoms with van der Waals surface area (Å²) in [6, 6.07) is 11.5. The second-order valence-corrected chi connectivity index (χ2v) is 4.69. The number of aliphatic hydroxyl groups excluding tert-OH is 1. The minimum Gasteiger partial charge on any atom is -0.392 e. The first kappa shape index (κ1) is 13.8. The van der Waals surface area contributed by atoms with Crippen molar-refractivity contribution in [3.63, 3.8) is 0 Å². The van der Waals surface area contributed by atoms with Gasteiger partial charge in [0.15, 0.2) is 0 Å². The molecule has 0 atom stereocenters. The number of aromatic nitrogens is 1. The van der Waals surface area contributed by atoms with Crippen molar-refractivity contribution >= 4 is 17.3 Å². The third-order valence-electron chi connectivity index (χ3n) is 3.00. The van der Waals surface area contributed by atoms with Crippen LogP contribution in [0.2, 0.25) is 5.02 Å². The van der Waals surface area contributed by atoms with Gasteiger partial charge in [-0.25, -0.2) is 0 Å². The highest BCUT2D eigenvalue weighted by Crippen LogP contribution is 2.27. The average Bonchev–Trinajstić information content (AvgIpc) is 2.46. The molecule has 0 bridgehead atoms. The summed E-state index contributed by atoms with van der Waals surface area (Å²) in [5.74, 6) is 0. The number of hydrogen-bond donors (Lipinski definition) is 1. The van der Waals surface area contributed by atoms with Gasteiger partial charge in [0.25, 0.3) is 0 Å². The van der Waals surface area contributed by atoms with E-state index in [0.29, 0.717) is 5.02 Å². The Morgan fingerprint density at radius 1 is 1.26 bits per heavy atom. The molecule has 1 N–H and O–H groups in total. The molecule has 0 amide bonds. The van der Waals surface area contributed by atoms with E-state index >= 15 is 0 Å². The summed E-state index contributed by atoms with van der Waals surface area (Å²) < 4.78 is 0. The van der Waals surface area contributed by atoms with Gasteiger partial charge in [0.05, 0.1) is 29.6 Å². The Morgan fingerprint density at radius 3 is 2.68 bits per heavy atom. The monoisotopic (exact) mass is 276 g/mol. The lowest BCUT2D eigenvalue weighted by Crippen LogP contribution is -2.22. The molecule has 0 unspecified atom stereocenters. The number of aliphatic hydroxyl groups is 1. The summed E-state index contributed by atoms with van der Waals surface area (Å²) in [7, 11) is 0. The molecule has 2 rings (SSSR count). The fraction of sp³-hybridized carbons (Fsp3) is 0.267. The summed E-state index contributed by atoms with van der Waals surface area (Å²) in [5.41, 5.74) is 2.79. The van der Waals surface area contributed by atoms with Gasteiger partial charge in [-0.05, 0) is 36.8 Å². The van der Waals surface area contributed by atoms with Crippen molar-refractivity contribution in [2.75, 3.05) is 11.4 Å². The molecule has 0 aliphatic heterocycles. The van der Waals surface area contributed by atoms with Crippen molar-refractivity contribution in [2.24, 2.45) is 0 Å². The zero-order valence-electron chi connectivity index (χ0n) is 10.9. The zero-order valence-corrected chi connectivity index (χ0v) is 11.6. The number of anilines is 1. The molecule has 0 fully saturated rings. The highest BCUT2D eigenvalue weighted by Gasteiger charge is 2.10. The molecule has 0 aliphatic carbocycles. The van der Waals surface area contributed by atoms with Crippen LogP contribution in [0.1, 0.15) is 18.2 Å². The molecule has 100 valence electrons. The smallest absolute Gasteiger partial charge is 0.0682 e. The van der Waals surface area contributed by atoms with Crippen LogP contribution in [-0.4, -0.2) is 16.6 Å². The molecular formula is C15H17ClN2O. The summed E-state index contributed by atoms with van der Waals surface area (Å²) >= 11 is 6.27. The lowest BCUT2D eigenvalue weighted by atomic mass is 10.2. The van der Waals surface area contributed by atoms with Crippen LogP contribution in [0.5, 0.6) is 0 Å². The minimum atomic E-state index is 0.00632. The number of benzene rings is 1. The third-order valence-corrected chi connectivity index (χ3v) is 3.30. The average molecular weight is 277 g/mol. The maximum absolute atomic E-state index is 9.10. The Kier molecular flexibility index (Phi) is 4.77. The Balaban J connectivity index is 2.22. The van der Waals surface area contributed by atoms with Crippen molar-refractivity contribution < 1.29 is 5.11 Å². The van der Waals surface area contributed by atoms with E-state index < -0.39 is 0 Å². The highest BCUT2D eigenvalue weighted by molar-refractivity contribution is 6.33. The molecule has 2 aromatic rings. The van der Waals surface area contributed by atoms with E-state index in [1.54, 1.807) is 12.3 Å². The summed E-state index contributed by atoms with van der Waals surface area (Å²) in [6.07, 6.45) is 1.79. The van der Waals surface area contributed by atoms with Crippen LogP contribution in [0.4, 0.5) is 5.69 Å². The maximum Gasteiger partial charge on any atom is 0.0682 e. The van der Waals surface area contributed by atoms with E-state index in [-0.39, 0.29) is 6.61 Å². The van der Waals surface area contributed by atoms with E-state index in [1.807, 2.05) is 30.3 Å². The molecule has 0 aliphatic rings. The number of rotatable bonds is 5. The molecule has 4 heteroatoms. The zero-order chi connectivity index (χ0) is 13.7. The van der Waals surface area contributed by atoms with Crippen molar-refractivity contribution in [2.45, 2.75) is 20.1 Å². The Hall–Kier alpha value is -1.58. The molecular weight excluding hydrogens is 260 g/mol. The number of nitrogens with zero attached hydrogens (tertiary/aromatic N) is 2. The third kappa shape index (κ3) is 3.46. The molecule has 1 aromatic heterocycles. The van der Waals surface area contributed by atoms with E-state index in [4.69, 9.17) is 16.7 Å². The van der Waals surface area contributed by atoms with E-state index in [1.165, 1.54) is 0 Å². The van der Waals surface area contributed by atoms with Crippen LogP contribution in [-0.2, 0) is 13.2 Å². The minimum absolute atomic E-state index is 0.00632. The van der Waals surface area contributed by atoms with E-state index in [2.05, 4.69) is 16.8 Å². The van der Waals surface area contributed by atoms with Crippen molar-refractivity contribution in [1.82, 2.24) is 4.98 Å². The summed E-state index contributed by atoms with van der Waals surface area (Å²) in [6.45, 7) is 3.65. The first-order valence-electron chi connectivity index (χ1n) is 6.28. The number of halogens is 1. The molecule has 0 saturated carbocycles. The number of pyridine rings is 1. The van der Waals surface area contributed by atoms with Gasteiger partial charge in [-0.15, -0.1) is 0 Å². The van der Waals surface area contributed by atoms with Gasteiger partial charge in [-0.2, -0.15) is 0 Å². The summed E-state index contributed by atoms with van der Waals surface area (Å²) in [5, 5.41) is 9.76. The Labute approximate surface area is 118 Å². The fourth-order valence-electron chi connectivity index (χ4n) is 1.96. The molecule has 1 aromatic carbocycles. The van der Waals surface area contributed by atoms with Gasteiger partial charge in [0, 0.05) is 12.7 Å². The molecule has 19 heavy (non-hydrogen) atoms. The predicted octanol–water partition coefficient (Wildman–Crippen LogP) is 3.25. The second kappa shape index (κ2) is 6.55. The van der Waals surface area contributed by atoms with Crippen molar-refractivity contribution in [1.29, 1.82) is 0 Å². The first-order chi connectivity index (χ1) is 9.24. The summed E-state index contributed by atoms with van der Waals surface area (Å²) in [4.78, 5) is 6.49. The Morgan fingerprint density at radius 2 is 2.11 bits per heavy atom. The van der Waals surface area contributed by atoms with Crippen LogP contribution in [0.3, 0.4) is 0 Å². The van der Waals surface area contributed by atoms with Crippen LogP contribution in [0.25, 0.3) is 0 Å². The first-order valence-corrected chi connectivity index (χ1v) is 6.66. The van der Waals surface area contributed by atoms with Crippen LogP contribution < -0.4 is 4.90 Å². The SMILES string of the molecule is CCN(Cc1ccccn1)c1ccc(CO)cc1Cl. The standard InChI is InChI=1S/C15H17ClN2O/c1-2-18(10-13-5-3-4-8-17-13)15-7-6-12(11-19)9-14(15)16/h3-9,19H,2,10-11H2,1H3. The van der Waals surface area contributed by atoms with Gasteiger partial charge in [-0.3, -0.25) is 4.98 Å². The normalized spacial score (nSPS) is 10.5. The van der Waals surface area contributed by atoms with Crippen LogP contribution in [0, 0.1) is 0 Å². The van der Waals surface area contributed by atoms with Gasteiger partial charge in [0.1, 0.15) is 0 Å². The molecule has 1 heterocycles. The fourth-order valence-corrected chi connectivity index (χ4v) is 2.28. The predicted molar refractivity (Wildman–Crippen MR) is 78.3 cm³/mol. The van der Waals surface area contributed by atoms with E-state index in [9.17, 15) is 0 Å². The van der Waals surface area contributed by atoms with Crippen LogP contribution in [0.15, 0.2) is 42.6 Å². The molecule has 3 nitrogen and oxygen atoms in total. The van der Waals surface area contributed by atoms with E-state index in [0.717, 1.165) is 30.0 Å². The molecule has 0 spiro atoms. The van der Waals surface area contributed by atoms with Gasteiger partial charge in [0.2, 0.25) is 0 Å². The molecule has 0 radical (unpaired) electrons. The van der Waals surface area contributed by atoms with Gasteiger partial charge < -0.3 is 10.0 Å². The van der Waals surface area contributed by atoms with Crippen LogP contribution >= 0.6 is 11.6 Å². The largest absolute Gasteiger partial charge is 0.392 e. The second-order valence-electron chi connectivity index (χ2n) is 4.28. The lowest BCUT2D eigenvalue weighted by molar-refractivity contribution is 0.282. The maximum atomic E-state index is 9.10. The molecule has 0 saturated heterocycles.